The van der Waals surface area contributed by atoms with E-state index in [2.05, 4.69) is 0 Å². The minimum Gasteiger partial charge on any atom is -0.492 e. The molecule has 28 heavy (non-hydrogen) atoms. The van der Waals surface area contributed by atoms with Crippen molar-refractivity contribution in [2.45, 2.75) is 20.8 Å². The quantitative estimate of drug-likeness (QED) is 0.461. The first-order valence-corrected chi connectivity index (χ1v) is 8.91. The number of carbonyl (C=O) groups is 3. The number of carbonyl (C=O) groups excluding carboxylic acids is 3. The Labute approximate surface area is 163 Å². The molecule has 0 aromatic heterocycles. The van der Waals surface area contributed by atoms with Gasteiger partial charge in [0.2, 0.25) is 5.91 Å². The molecule has 0 bridgehead atoms. The second-order valence-corrected chi connectivity index (χ2v) is 6.34. The number of methoxy groups -OCH3 is 1. The Bertz CT molecular complexity index is 991. The number of nitrogens with zero attached hydrogens (tertiary/aromatic N) is 1. The Balaban J connectivity index is 2.34. The minimum absolute atomic E-state index is 0.303. The van der Waals surface area contributed by atoms with Gasteiger partial charge in [0, 0.05) is 18.1 Å². The third-order valence-corrected chi connectivity index (χ3v) is 4.54. The fourth-order valence-electron chi connectivity index (χ4n) is 3.31. The lowest BCUT2D eigenvalue weighted by atomic mass is 9.97. The number of aryl methyl sites for hydroxylation is 1. The maximum atomic E-state index is 13.2. The molecule has 0 saturated carbocycles. The van der Waals surface area contributed by atoms with Gasteiger partial charge in [0.25, 0.3) is 5.91 Å². The highest BCUT2D eigenvalue weighted by molar-refractivity contribution is 6.43. The number of ether oxygens (including phenoxy) is 2. The van der Waals surface area contributed by atoms with Crippen LogP contribution in [0.15, 0.2) is 42.5 Å². The molecule has 2 amide bonds. The highest BCUT2D eigenvalue weighted by Gasteiger charge is 2.39. The standard InChI is InChI=1S/C22H21NO5/c1-5-28-20(15-9-7-6-8-10-15)19-17-11-13(2)16(22(26)27-4)12-18(17)23(14(3)24)21(19)25/h6-12H,5H2,1-4H3/b20-19+. The summed E-state index contributed by atoms with van der Waals surface area (Å²) < 4.78 is 10.7. The smallest absolute Gasteiger partial charge is 0.338 e. The number of imide groups is 1. The molecular weight excluding hydrogens is 358 g/mol. The summed E-state index contributed by atoms with van der Waals surface area (Å²) in [5.41, 5.74) is 2.89. The van der Waals surface area contributed by atoms with Crippen LogP contribution in [0.25, 0.3) is 11.3 Å². The molecule has 1 aliphatic heterocycles. The van der Waals surface area contributed by atoms with Crippen LogP contribution < -0.4 is 4.90 Å². The van der Waals surface area contributed by atoms with Crippen molar-refractivity contribution in [3.8, 4) is 0 Å². The molecule has 3 rings (SSSR count). The topological polar surface area (TPSA) is 72.9 Å². The Hall–Kier alpha value is -3.41. The lowest BCUT2D eigenvalue weighted by Gasteiger charge is -2.14. The van der Waals surface area contributed by atoms with Gasteiger partial charge in [-0.1, -0.05) is 30.3 Å². The molecule has 144 valence electrons. The van der Waals surface area contributed by atoms with Crippen molar-refractivity contribution in [3.63, 3.8) is 0 Å². The Morgan fingerprint density at radius 1 is 1.11 bits per heavy atom. The fraction of sp³-hybridized carbons (Fsp3) is 0.227. The maximum absolute atomic E-state index is 13.2. The molecule has 1 aliphatic rings. The van der Waals surface area contributed by atoms with Crippen LogP contribution in [0.4, 0.5) is 5.69 Å². The average Bonchev–Trinajstić information content (AvgIpc) is 2.96. The van der Waals surface area contributed by atoms with E-state index in [0.29, 0.717) is 40.3 Å². The van der Waals surface area contributed by atoms with Gasteiger partial charge in [0.15, 0.2) is 0 Å². The Kier molecular flexibility index (Phi) is 5.31. The summed E-state index contributed by atoms with van der Waals surface area (Å²) in [5, 5.41) is 0. The zero-order chi connectivity index (χ0) is 20.4. The molecule has 6 nitrogen and oxygen atoms in total. The van der Waals surface area contributed by atoms with E-state index in [1.807, 2.05) is 37.3 Å². The molecule has 0 aliphatic carbocycles. The first-order chi connectivity index (χ1) is 13.4. The second-order valence-electron chi connectivity index (χ2n) is 6.34. The fourth-order valence-corrected chi connectivity index (χ4v) is 3.31. The molecule has 0 atom stereocenters. The number of benzene rings is 2. The van der Waals surface area contributed by atoms with Gasteiger partial charge >= 0.3 is 5.97 Å². The van der Waals surface area contributed by atoms with Crippen LogP contribution in [0.2, 0.25) is 0 Å². The molecule has 6 heteroatoms. The highest BCUT2D eigenvalue weighted by Crippen LogP contribution is 2.42. The van der Waals surface area contributed by atoms with Crippen LogP contribution in [0.3, 0.4) is 0 Å². The molecule has 0 radical (unpaired) electrons. The van der Waals surface area contributed by atoms with Crippen molar-refractivity contribution < 1.29 is 23.9 Å². The van der Waals surface area contributed by atoms with E-state index in [4.69, 9.17) is 9.47 Å². The summed E-state index contributed by atoms with van der Waals surface area (Å²) in [6, 6.07) is 12.5. The molecule has 0 N–H and O–H groups in total. The van der Waals surface area contributed by atoms with E-state index >= 15 is 0 Å². The predicted molar refractivity (Wildman–Crippen MR) is 106 cm³/mol. The largest absolute Gasteiger partial charge is 0.492 e. The van der Waals surface area contributed by atoms with Crippen molar-refractivity contribution in [3.05, 3.63) is 64.7 Å². The highest BCUT2D eigenvalue weighted by atomic mass is 16.5. The van der Waals surface area contributed by atoms with Crippen molar-refractivity contribution in [2.75, 3.05) is 18.6 Å². The zero-order valence-electron chi connectivity index (χ0n) is 16.2. The number of fused-ring (bicyclic) bond motifs is 1. The van der Waals surface area contributed by atoms with Gasteiger partial charge in [0.1, 0.15) is 5.76 Å². The number of esters is 1. The summed E-state index contributed by atoms with van der Waals surface area (Å²) >= 11 is 0. The Morgan fingerprint density at radius 2 is 1.79 bits per heavy atom. The number of hydrogen-bond donors (Lipinski definition) is 0. The van der Waals surface area contributed by atoms with Crippen molar-refractivity contribution in [1.29, 1.82) is 0 Å². The molecule has 0 unspecified atom stereocenters. The van der Waals surface area contributed by atoms with E-state index in [-0.39, 0.29) is 0 Å². The summed E-state index contributed by atoms with van der Waals surface area (Å²) in [7, 11) is 1.29. The minimum atomic E-state index is -0.526. The molecule has 0 spiro atoms. The number of hydrogen-bond acceptors (Lipinski definition) is 5. The van der Waals surface area contributed by atoms with Crippen LogP contribution in [0.5, 0.6) is 0 Å². The molecule has 1 heterocycles. The first-order valence-electron chi connectivity index (χ1n) is 8.91. The maximum Gasteiger partial charge on any atom is 0.338 e. The van der Waals surface area contributed by atoms with E-state index in [9.17, 15) is 14.4 Å². The summed E-state index contributed by atoms with van der Waals surface area (Å²) in [6.45, 7) is 5.26. The summed E-state index contributed by atoms with van der Waals surface area (Å²) in [6.07, 6.45) is 0. The van der Waals surface area contributed by atoms with Crippen molar-refractivity contribution in [1.82, 2.24) is 0 Å². The van der Waals surface area contributed by atoms with Gasteiger partial charge in [-0.3, -0.25) is 9.59 Å². The summed E-state index contributed by atoms with van der Waals surface area (Å²) in [4.78, 5) is 38.6. The van der Waals surface area contributed by atoms with Crippen LogP contribution in [0, 0.1) is 6.92 Å². The predicted octanol–water partition coefficient (Wildman–Crippen LogP) is 3.58. The van der Waals surface area contributed by atoms with Crippen LogP contribution in [-0.4, -0.2) is 31.5 Å². The van der Waals surface area contributed by atoms with E-state index in [1.165, 1.54) is 20.1 Å². The number of anilines is 1. The van der Waals surface area contributed by atoms with Gasteiger partial charge < -0.3 is 9.47 Å². The molecule has 0 saturated heterocycles. The lowest BCUT2D eigenvalue weighted by molar-refractivity contribution is -0.122. The molecule has 2 aromatic rings. The van der Waals surface area contributed by atoms with Gasteiger partial charge in [-0.2, -0.15) is 0 Å². The van der Waals surface area contributed by atoms with Gasteiger partial charge in [-0.05, 0) is 31.5 Å². The van der Waals surface area contributed by atoms with Crippen LogP contribution >= 0.6 is 0 Å². The zero-order valence-corrected chi connectivity index (χ0v) is 16.2. The second kappa shape index (κ2) is 7.68. The van der Waals surface area contributed by atoms with Crippen LogP contribution in [-0.2, 0) is 19.1 Å². The van der Waals surface area contributed by atoms with E-state index in [1.54, 1.807) is 13.0 Å². The first kappa shape index (κ1) is 19.4. The van der Waals surface area contributed by atoms with Crippen LogP contribution in [0.1, 0.15) is 40.9 Å². The molecular formula is C22H21NO5. The number of rotatable bonds is 4. The normalized spacial score (nSPS) is 14.6. The SMILES string of the molecule is CCO/C(=C1/C(=O)N(C(C)=O)c2cc(C(=O)OC)c(C)cc21)c1ccccc1. The third kappa shape index (κ3) is 3.17. The van der Waals surface area contributed by atoms with E-state index < -0.39 is 17.8 Å². The van der Waals surface area contributed by atoms with E-state index in [0.717, 1.165) is 10.5 Å². The molecule has 0 fully saturated rings. The average molecular weight is 379 g/mol. The Morgan fingerprint density at radius 3 is 2.36 bits per heavy atom. The molecule has 2 aromatic carbocycles. The third-order valence-electron chi connectivity index (χ3n) is 4.54. The van der Waals surface area contributed by atoms with Crippen molar-refractivity contribution >= 4 is 34.8 Å². The van der Waals surface area contributed by atoms with Gasteiger partial charge in [-0.25, -0.2) is 9.69 Å². The van der Waals surface area contributed by atoms with Crippen molar-refractivity contribution in [2.24, 2.45) is 0 Å². The van der Waals surface area contributed by atoms with Gasteiger partial charge in [0.05, 0.1) is 30.5 Å². The number of amides is 2. The monoisotopic (exact) mass is 379 g/mol. The summed E-state index contributed by atoms with van der Waals surface area (Å²) in [5.74, 6) is -1.04. The van der Waals surface area contributed by atoms with Gasteiger partial charge in [-0.15, -0.1) is 0 Å². The lowest BCUT2D eigenvalue weighted by Crippen LogP contribution is -2.31.